The van der Waals surface area contributed by atoms with Gasteiger partial charge in [0.2, 0.25) is 5.91 Å². The highest BCUT2D eigenvalue weighted by Crippen LogP contribution is 2.30. The van der Waals surface area contributed by atoms with E-state index in [0.717, 1.165) is 24.5 Å². The first-order valence-corrected chi connectivity index (χ1v) is 8.78. The Bertz CT molecular complexity index is 709. The number of alkyl halides is 3. The minimum absolute atomic E-state index is 0.213. The zero-order chi connectivity index (χ0) is 17.8. The molecule has 8 heteroatoms. The second-order valence-corrected chi connectivity index (χ2v) is 7.59. The van der Waals surface area contributed by atoms with Gasteiger partial charge in [0.05, 0.1) is 11.3 Å². The Kier molecular flexibility index (Phi) is 5.98. The second kappa shape index (κ2) is 7.16. The van der Waals surface area contributed by atoms with Gasteiger partial charge in [0.15, 0.2) is 0 Å². The van der Waals surface area contributed by atoms with Crippen molar-refractivity contribution >= 4 is 21.3 Å². The Morgan fingerprint density at radius 2 is 1.96 bits per heavy atom. The van der Waals surface area contributed by atoms with Crippen molar-refractivity contribution in [3.63, 3.8) is 0 Å². The first kappa shape index (κ1) is 19.2. The second-order valence-electron chi connectivity index (χ2n) is 5.41. The zero-order valence-corrected chi connectivity index (χ0v) is 13.8. The summed E-state index contributed by atoms with van der Waals surface area (Å²) in [6.45, 7) is 3.04. The minimum Gasteiger partial charge on any atom is -0.349 e. The van der Waals surface area contributed by atoms with Crippen LogP contribution in [0.2, 0.25) is 0 Å². The summed E-state index contributed by atoms with van der Waals surface area (Å²) in [6, 6.07) is 4.04. The third kappa shape index (κ3) is 6.85. The monoisotopic (exact) mass is 349 g/mol. The predicted octanol–water partition coefficient (Wildman–Crippen LogP) is 2.66. The lowest BCUT2D eigenvalue weighted by Gasteiger charge is -2.12. The van der Waals surface area contributed by atoms with Crippen LogP contribution in [0, 0.1) is 0 Å². The van der Waals surface area contributed by atoms with Gasteiger partial charge in [0.25, 0.3) is 0 Å². The van der Waals surface area contributed by atoms with Crippen molar-refractivity contribution in [2.75, 3.05) is 12.0 Å². The van der Waals surface area contributed by atoms with Crippen molar-refractivity contribution in [3.8, 4) is 0 Å². The van der Waals surface area contributed by atoms with Gasteiger partial charge in [0.1, 0.15) is 9.84 Å². The van der Waals surface area contributed by atoms with E-state index in [9.17, 15) is 26.4 Å². The fourth-order valence-electron chi connectivity index (χ4n) is 2.00. The number of halogens is 3. The van der Waals surface area contributed by atoms with Crippen LogP contribution in [-0.4, -0.2) is 32.4 Å². The average molecular weight is 349 g/mol. The fourth-order valence-corrected chi connectivity index (χ4v) is 2.99. The molecule has 1 rings (SSSR count). The lowest BCUT2D eigenvalue weighted by atomic mass is 10.0. The molecule has 4 nitrogen and oxygen atoms in total. The molecular weight excluding hydrogens is 331 g/mol. The van der Waals surface area contributed by atoms with Crippen LogP contribution >= 0.6 is 0 Å². The van der Waals surface area contributed by atoms with E-state index in [4.69, 9.17) is 0 Å². The molecule has 0 radical (unpaired) electrons. The van der Waals surface area contributed by atoms with Gasteiger partial charge >= 0.3 is 6.18 Å². The van der Waals surface area contributed by atoms with Gasteiger partial charge in [-0.1, -0.05) is 12.1 Å². The molecule has 1 aromatic carbocycles. The lowest BCUT2D eigenvalue weighted by Crippen LogP contribution is -2.36. The molecule has 128 valence electrons. The number of allylic oxidation sites excluding steroid dienone is 1. The number of amides is 1. The van der Waals surface area contributed by atoms with Crippen molar-refractivity contribution < 1.29 is 26.4 Å². The van der Waals surface area contributed by atoms with Crippen molar-refractivity contribution in [2.24, 2.45) is 0 Å². The molecule has 1 atom stereocenters. The topological polar surface area (TPSA) is 63.2 Å². The molecule has 0 aliphatic carbocycles. The van der Waals surface area contributed by atoms with Crippen LogP contribution in [0.1, 0.15) is 25.0 Å². The van der Waals surface area contributed by atoms with E-state index in [1.54, 1.807) is 0 Å². The quantitative estimate of drug-likeness (QED) is 0.832. The Hall–Kier alpha value is -1.83. The molecule has 0 saturated carbocycles. The molecule has 1 N–H and O–H groups in total. The van der Waals surface area contributed by atoms with Crippen LogP contribution in [0.4, 0.5) is 13.2 Å². The molecular formula is C15H18F3NO3S. The standard InChI is InChI=1S/C15H18F3NO3S/c1-10(7-14(20)19-11(2)9-23(3,21)22)12-5-4-6-13(8-12)15(16,17)18/h4-8,11H,9H2,1-3H3,(H,19,20). The van der Waals surface area contributed by atoms with Crippen molar-refractivity contribution in [1.29, 1.82) is 0 Å². The Morgan fingerprint density at radius 1 is 1.35 bits per heavy atom. The minimum atomic E-state index is -4.46. The molecule has 0 spiro atoms. The molecule has 0 heterocycles. The summed E-state index contributed by atoms with van der Waals surface area (Å²) in [5.74, 6) is -0.772. The molecule has 0 aliphatic heterocycles. The van der Waals surface area contributed by atoms with E-state index in [1.807, 2.05) is 0 Å². The highest BCUT2D eigenvalue weighted by molar-refractivity contribution is 7.90. The molecule has 1 unspecified atom stereocenters. The fraction of sp³-hybridized carbons (Fsp3) is 0.400. The number of benzene rings is 1. The number of sulfone groups is 1. The van der Waals surface area contributed by atoms with E-state index in [-0.39, 0.29) is 11.3 Å². The van der Waals surface area contributed by atoms with Crippen LogP contribution in [-0.2, 0) is 20.8 Å². The molecule has 1 aromatic rings. The van der Waals surface area contributed by atoms with Crippen molar-refractivity contribution in [3.05, 3.63) is 41.5 Å². The summed E-state index contributed by atoms with van der Waals surface area (Å²) >= 11 is 0. The molecule has 0 fully saturated rings. The van der Waals surface area contributed by atoms with Crippen molar-refractivity contribution in [1.82, 2.24) is 5.32 Å². The third-order valence-corrected chi connectivity index (χ3v) is 4.04. The van der Waals surface area contributed by atoms with Gasteiger partial charge in [-0.15, -0.1) is 0 Å². The molecule has 0 saturated heterocycles. The first-order chi connectivity index (χ1) is 10.4. The summed E-state index contributed by atoms with van der Waals surface area (Å²) in [4.78, 5) is 11.8. The van der Waals surface area contributed by atoms with E-state index in [0.29, 0.717) is 5.57 Å². The van der Waals surface area contributed by atoms with Crippen LogP contribution in [0.3, 0.4) is 0 Å². The van der Waals surface area contributed by atoms with Crippen molar-refractivity contribution in [2.45, 2.75) is 26.1 Å². The summed E-state index contributed by atoms with van der Waals surface area (Å²) in [7, 11) is -3.23. The normalized spacial score (nSPS) is 14.4. The maximum absolute atomic E-state index is 12.7. The summed E-state index contributed by atoms with van der Waals surface area (Å²) in [5, 5.41) is 2.47. The van der Waals surface area contributed by atoms with Gasteiger partial charge in [-0.2, -0.15) is 13.2 Å². The Labute approximate surface area is 133 Å². The van der Waals surface area contributed by atoms with E-state index in [1.165, 1.54) is 26.0 Å². The zero-order valence-electron chi connectivity index (χ0n) is 12.9. The Balaban J connectivity index is 2.86. The first-order valence-electron chi connectivity index (χ1n) is 6.72. The smallest absolute Gasteiger partial charge is 0.349 e. The summed E-state index contributed by atoms with van der Waals surface area (Å²) in [6.07, 6.45) is -2.25. The van der Waals surface area contributed by atoms with Crippen LogP contribution < -0.4 is 5.32 Å². The molecule has 1 amide bonds. The lowest BCUT2D eigenvalue weighted by molar-refractivity contribution is -0.137. The van der Waals surface area contributed by atoms with E-state index in [2.05, 4.69) is 5.32 Å². The summed E-state index contributed by atoms with van der Waals surface area (Å²) in [5.41, 5.74) is -0.181. The van der Waals surface area contributed by atoms with E-state index >= 15 is 0 Å². The molecule has 0 bridgehead atoms. The van der Waals surface area contributed by atoms with Crippen LogP contribution in [0.25, 0.3) is 5.57 Å². The number of carbonyl (C=O) groups excluding carboxylic acids is 1. The molecule has 0 aromatic heterocycles. The highest BCUT2D eigenvalue weighted by Gasteiger charge is 2.30. The number of hydrogen-bond donors (Lipinski definition) is 1. The maximum atomic E-state index is 12.7. The van der Waals surface area contributed by atoms with Gasteiger partial charge < -0.3 is 5.32 Å². The van der Waals surface area contributed by atoms with Gasteiger partial charge in [-0.05, 0) is 37.1 Å². The number of rotatable bonds is 5. The number of nitrogens with one attached hydrogen (secondary N) is 1. The van der Waals surface area contributed by atoms with E-state index < -0.39 is 33.5 Å². The SMILES string of the molecule is CC(=CC(=O)NC(C)CS(C)(=O)=O)c1cccc(C(F)(F)F)c1. The molecule has 23 heavy (non-hydrogen) atoms. The largest absolute Gasteiger partial charge is 0.416 e. The van der Waals surface area contributed by atoms with Gasteiger partial charge in [-0.25, -0.2) is 8.42 Å². The van der Waals surface area contributed by atoms with Crippen LogP contribution in [0.15, 0.2) is 30.3 Å². The highest BCUT2D eigenvalue weighted by atomic mass is 32.2. The predicted molar refractivity (Wildman–Crippen MR) is 82.4 cm³/mol. The molecule has 0 aliphatic rings. The van der Waals surface area contributed by atoms with Gasteiger partial charge in [-0.3, -0.25) is 4.79 Å². The summed E-state index contributed by atoms with van der Waals surface area (Å²) < 4.78 is 60.3. The Morgan fingerprint density at radius 3 is 2.48 bits per heavy atom. The maximum Gasteiger partial charge on any atom is 0.416 e. The number of hydrogen-bond acceptors (Lipinski definition) is 3. The third-order valence-electron chi connectivity index (χ3n) is 2.93. The average Bonchev–Trinajstić information content (AvgIpc) is 2.35. The van der Waals surface area contributed by atoms with Crippen LogP contribution in [0.5, 0.6) is 0 Å². The number of carbonyl (C=O) groups is 1. The van der Waals surface area contributed by atoms with Gasteiger partial charge in [0, 0.05) is 18.4 Å².